The van der Waals surface area contributed by atoms with Gasteiger partial charge in [0.25, 0.3) is 8.32 Å². The summed E-state index contributed by atoms with van der Waals surface area (Å²) in [6.45, 7) is 14.4. The van der Waals surface area contributed by atoms with E-state index in [9.17, 15) is 4.79 Å². The van der Waals surface area contributed by atoms with Crippen molar-refractivity contribution in [1.82, 2.24) is 5.32 Å². The highest BCUT2D eigenvalue weighted by atomic mass is 28.4. The van der Waals surface area contributed by atoms with E-state index in [1.54, 1.807) is 6.92 Å². The molecule has 0 spiro atoms. The molecule has 2 aromatic carbocycles. The third kappa shape index (κ3) is 6.72. The van der Waals surface area contributed by atoms with E-state index in [0.29, 0.717) is 13.0 Å². The summed E-state index contributed by atoms with van der Waals surface area (Å²) in [5, 5.41) is 5.24. The van der Waals surface area contributed by atoms with E-state index in [0.717, 1.165) is 0 Å². The van der Waals surface area contributed by atoms with Gasteiger partial charge >= 0.3 is 6.09 Å². The molecule has 0 fully saturated rings. The van der Waals surface area contributed by atoms with Crippen molar-refractivity contribution >= 4 is 24.8 Å². The summed E-state index contributed by atoms with van der Waals surface area (Å²) in [5.74, 6) is 6.01. The lowest BCUT2D eigenvalue weighted by atomic mass is 10.2. The first-order chi connectivity index (χ1) is 15.0. The summed E-state index contributed by atoms with van der Waals surface area (Å²) in [4.78, 5) is 12.5. The molecule has 4 nitrogen and oxygen atoms in total. The lowest BCUT2D eigenvalue weighted by Gasteiger charge is -2.43. The zero-order valence-electron chi connectivity index (χ0n) is 20.5. The highest BCUT2D eigenvalue weighted by molar-refractivity contribution is 6.99. The maximum absolute atomic E-state index is 12.5. The number of alkyl carbamates (subject to hydrolysis) is 1. The van der Waals surface area contributed by atoms with Crippen molar-refractivity contribution in [3.63, 3.8) is 0 Å². The smallest absolute Gasteiger partial charge is 0.407 e. The molecule has 1 N–H and O–H groups in total. The number of hydrogen-bond acceptors (Lipinski definition) is 3. The third-order valence-corrected chi connectivity index (χ3v) is 10.2. The first-order valence-electron chi connectivity index (χ1n) is 11.1. The van der Waals surface area contributed by atoms with E-state index in [-0.39, 0.29) is 11.1 Å². The molecule has 0 bridgehead atoms. The third-order valence-electron chi connectivity index (χ3n) is 5.16. The fourth-order valence-corrected chi connectivity index (χ4v) is 8.44. The Balaban J connectivity index is 2.43. The summed E-state index contributed by atoms with van der Waals surface area (Å²) >= 11 is 0. The van der Waals surface area contributed by atoms with Crippen LogP contribution in [0.2, 0.25) is 5.04 Å². The number of amides is 1. The number of carbonyl (C=O) groups is 1. The van der Waals surface area contributed by atoms with Crippen LogP contribution in [0.25, 0.3) is 0 Å². The van der Waals surface area contributed by atoms with Gasteiger partial charge in [-0.25, -0.2) is 4.79 Å². The fraction of sp³-hybridized carbons (Fsp3) is 0.444. The molecular weight excluding hydrogens is 414 g/mol. The van der Waals surface area contributed by atoms with E-state index in [2.05, 4.69) is 86.5 Å². The molecule has 2 aromatic rings. The first kappa shape index (κ1) is 25.7. The molecule has 1 amide bonds. The van der Waals surface area contributed by atoms with E-state index >= 15 is 0 Å². The molecule has 1 unspecified atom stereocenters. The van der Waals surface area contributed by atoms with Gasteiger partial charge in [0.05, 0.1) is 12.6 Å². The van der Waals surface area contributed by atoms with Crippen LogP contribution in [0, 0.1) is 11.8 Å². The number of carbonyl (C=O) groups excluding carboxylic acids is 1. The van der Waals surface area contributed by atoms with Gasteiger partial charge in [0.2, 0.25) is 0 Å². The van der Waals surface area contributed by atoms with Gasteiger partial charge < -0.3 is 14.5 Å². The largest absolute Gasteiger partial charge is 0.444 e. The average molecular weight is 452 g/mol. The molecule has 0 aliphatic rings. The molecule has 5 heteroatoms. The summed E-state index contributed by atoms with van der Waals surface area (Å²) in [7, 11) is -2.69. The van der Waals surface area contributed by atoms with E-state index < -0.39 is 20.0 Å². The fourth-order valence-electron chi connectivity index (χ4n) is 3.84. The molecule has 2 rings (SSSR count). The molecule has 1 atom stereocenters. The minimum Gasteiger partial charge on any atom is -0.444 e. The second-order valence-electron chi connectivity index (χ2n) is 9.95. The lowest BCUT2D eigenvalue weighted by Crippen LogP contribution is -2.67. The molecule has 0 aliphatic heterocycles. The zero-order valence-corrected chi connectivity index (χ0v) is 21.5. The predicted molar refractivity (Wildman–Crippen MR) is 135 cm³/mol. The maximum Gasteiger partial charge on any atom is 0.407 e. The highest BCUT2D eigenvalue weighted by Gasteiger charge is 2.50. The summed E-state index contributed by atoms with van der Waals surface area (Å²) < 4.78 is 12.4. The van der Waals surface area contributed by atoms with Crippen LogP contribution in [0.4, 0.5) is 4.79 Å². The van der Waals surface area contributed by atoms with Crippen LogP contribution in [0.1, 0.15) is 54.9 Å². The monoisotopic (exact) mass is 451 g/mol. The van der Waals surface area contributed by atoms with Crippen LogP contribution < -0.4 is 15.7 Å². The molecule has 0 radical (unpaired) electrons. The Kier molecular flexibility index (Phi) is 8.71. The van der Waals surface area contributed by atoms with Gasteiger partial charge in [-0.05, 0) is 43.1 Å². The number of hydrogen-bond donors (Lipinski definition) is 1. The van der Waals surface area contributed by atoms with Crippen molar-refractivity contribution in [3.8, 4) is 11.8 Å². The second kappa shape index (κ2) is 10.8. The van der Waals surface area contributed by atoms with E-state index in [1.165, 1.54) is 10.4 Å². The van der Waals surface area contributed by atoms with Crippen LogP contribution in [-0.4, -0.2) is 32.7 Å². The van der Waals surface area contributed by atoms with Crippen molar-refractivity contribution in [2.75, 3.05) is 6.61 Å². The van der Waals surface area contributed by atoms with Gasteiger partial charge in [0, 0.05) is 6.42 Å². The van der Waals surface area contributed by atoms with Gasteiger partial charge in [-0.15, -0.1) is 11.8 Å². The standard InChI is InChI=1S/C27H37NO3Si/c1-8-9-16-22(28-25(29)31-26(2,3)4)21-30-32(27(5,6)7,23-17-12-10-13-18-23)24-19-14-11-15-20-24/h10-15,17-20,22H,16,21H2,1-7H3,(H,28,29). The van der Waals surface area contributed by atoms with Crippen molar-refractivity contribution in [3.05, 3.63) is 60.7 Å². The normalized spacial score (nSPS) is 13.0. The molecule has 32 heavy (non-hydrogen) atoms. The van der Waals surface area contributed by atoms with Crippen molar-refractivity contribution < 1.29 is 14.0 Å². The molecular formula is C27H37NO3Si. The molecule has 172 valence electrons. The zero-order chi connectivity index (χ0) is 23.8. The van der Waals surface area contributed by atoms with Gasteiger partial charge in [-0.3, -0.25) is 0 Å². The van der Waals surface area contributed by atoms with Crippen LogP contribution in [0.15, 0.2) is 60.7 Å². The van der Waals surface area contributed by atoms with Gasteiger partial charge in [-0.2, -0.15) is 0 Å². The number of rotatable bonds is 7. The van der Waals surface area contributed by atoms with Crippen molar-refractivity contribution in [2.24, 2.45) is 0 Å². The molecule has 0 aliphatic carbocycles. The predicted octanol–water partition coefficient (Wildman–Crippen LogP) is 4.87. The van der Waals surface area contributed by atoms with E-state index in [4.69, 9.17) is 9.16 Å². The number of benzene rings is 2. The maximum atomic E-state index is 12.5. The summed E-state index contributed by atoms with van der Waals surface area (Å²) in [5.41, 5.74) is -0.566. The van der Waals surface area contributed by atoms with Gasteiger partial charge in [0.15, 0.2) is 0 Å². The highest BCUT2D eigenvalue weighted by Crippen LogP contribution is 2.36. The Morgan fingerprint density at radius 1 is 0.938 bits per heavy atom. The molecule has 0 saturated carbocycles. The van der Waals surface area contributed by atoms with Gasteiger partial charge in [0.1, 0.15) is 5.60 Å². The topological polar surface area (TPSA) is 47.6 Å². The Morgan fingerprint density at radius 2 is 1.44 bits per heavy atom. The minimum atomic E-state index is -2.69. The van der Waals surface area contributed by atoms with Crippen LogP contribution >= 0.6 is 0 Å². The van der Waals surface area contributed by atoms with Gasteiger partial charge in [-0.1, -0.05) is 81.4 Å². The first-order valence-corrected chi connectivity index (χ1v) is 13.0. The summed E-state index contributed by atoms with van der Waals surface area (Å²) in [6, 6.07) is 20.7. The number of ether oxygens (including phenoxy) is 1. The van der Waals surface area contributed by atoms with Crippen LogP contribution in [-0.2, 0) is 9.16 Å². The Hall–Kier alpha value is -2.55. The summed E-state index contributed by atoms with van der Waals surface area (Å²) in [6.07, 6.45) is 0.0416. The lowest BCUT2D eigenvalue weighted by molar-refractivity contribution is 0.0487. The molecule has 0 aromatic heterocycles. The SMILES string of the molecule is CC#CCC(CO[Si](c1ccccc1)(c1ccccc1)C(C)(C)C)NC(=O)OC(C)(C)C. The Bertz CT molecular complexity index is 879. The molecule has 0 saturated heterocycles. The minimum absolute atomic E-state index is 0.136. The quantitative estimate of drug-likeness (QED) is 0.483. The number of nitrogens with one attached hydrogen (secondary N) is 1. The Morgan fingerprint density at radius 3 is 1.84 bits per heavy atom. The Labute approximate surface area is 194 Å². The van der Waals surface area contributed by atoms with Crippen LogP contribution in [0.3, 0.4) is 0 Å². The van der Waals surface area contributed by atoms with Crippen LogP contribution in [0.5, 0.6) is 0 Å². The van der Waals surface area contributed by atoms with Crippen molar-refractivity contribution in [2.45, 2.75) is 71.6 Å². The second-order valence-corrected chi connectivity index (χ2v) is 14.3. The average Bonchev–Trinajstić information content (AvgIpc) is 2.71. The molecule has 0 heterocycles. The van der Waals surface area contributed by atoms with E-state index in [1.807, 2.05) is 32.9 Å². The van der Waals surface area contributed by atoms with Crippen molar-refractivity contribution in [1.29, 1.82) is 0 Å².